The van der Waals surface area contributed by atoms with Gasteiger partial charge >= 0.3 is 6.01 Å². The van der Waals surface area contributed by atoms with Crippen LogP contribution in [-0.2, 0) is 0 Å². The van der Waals surface area contributed by atoms with Crippen molar-refractivity contribution in [1.29, 1.82) is 0 Å². The van der Waals surface area contributed by atoms with Crippen molar-refractivity contribution in [2.75, 3.05) is 43.4 Å². The molecule has 3 N–H and O–H groups in total. The van der Waals surface area contributed by atoms with Crippen molar-refractivity contribution in [1.82, 2.24) is 25.2 Å². The van der Waals surface area contributed by atoms with Gasteiger partial charge in [-0.25, -0.2) is 18.2 Å². The average molecular weight is 696 g/mol. The number of nitrogens with two attached hydrogens (primary N) is 1. The first-order chi connectivity index (χ1) is 23.3. The Labute approximate surface area is 285 Å². The van der Waals surface area contributed by atoms with Crippen LogP contribution in [0.2, 0.25) is 5.02 Å². The van der Waals surface area contributed by atoms with E-state index < -0.39 is 11.6 Å². The van der Waals surface area contributed by atoms with E-state index in [1.807, 2.05) is 0 Å². The molecular weight excluding hydrogens is 659 g/mol. The zero-order valence-corrected chi connectivity index (χ0v) is 28.1. The van der Waals surface area contributed by atoms with Crippen LogP contribution in [-0.4, -0.2) is 69.8 Å². The summed E-state index contributed by atoms with van der Waals surface area (Å²) in [6.07, 6.45) is 10.3. The Balaban J connectivity index is 1.18. The summed E-state index contributed by atoms with van der Waals surface area (Å²) in [5.41, 5.74) is 7.09. The van der Waals surface area contributed by atoms with Gasteiger partial charge in [0.05, 0.1) is 27.1 Å². The van der Waals surface area contributed by atoms with Crippen molar-refractivity contribution in [2.45, 2.75) is 74.9 Å². The van der Waals surface area contributed by atoms with E-state index in [1.165, 1.54) is 37.8 Å². The van der Waals surface area contributed by atoms with E-state index >= 15 is 4.39 Å². The highest BCUT2D eigenvalue weighted by Gasteiger charge is 2.51. The number of hydrogen-bond acceptors (Lipinski definition) is 9. The number of benzene rings is 2. The molecule has 8 nitrogen and oxygen atoms in total. The largest absolute Gasteiger partial charge is 0.461 e. The number of nitrogens with zero attached hydrogens (tertiary/aromatic N) is 5. The van der Waals surface area contributed by atoms with Crippen LogP contribution < -0.4 is 20.7 Å². The molecule has 4 saturated heterocycles. The first-order valence-electron chi connectivity index (χ1n) is 17.0. The number of rotatable bonds is 6. The predicted molar refractivity (Wildman–Crippen MR) is 183 cm³/mol. The molecule has 6 heterocycles. The molecule has 0 unspecified atom stereocenters. The maximum absolute atomic E-state index is 17.0. The highest BCUT2D eigenvalue weighted by molar-refractivity contribution is 7.22. The summed E-state index contributed by atoms with van der Waals surface area (Å²) >= 11 is 7.93. The normalized spacial score (nSPS) is 28.5. The smallest absolute Gasteiger partial charge is 0.319 e. The van der Waals surface area contributed by atoms with Gasteiger partial charge in [0, 0.05) is 47.7 Å². The van der Waals surface area contributed by atoms with Gasteiger partial charge in [0.1, 0.15) is 23.8 Å². The van der Waals surface area contributed by atoms with Gasteiger partial charge in [-0.2, -0.15) is 9.97 Å². The number of fused-ring (bicyclic) bond motifs is 5. The number of hydrogen-bond donors (Lipinski definition) is 2. The molecule has 0 amide bonds. The third-order valence-electron chi connectivity index (χ3n) is 11.7. The van der Waals surface area contributed by atoms with Crippen molar-refractivity contribution >= 4 is 55.0 Å². The first-order valence-corrected chi connectivity index (χ1v) is 18.2. The molecule has 48 heavy (non-hydrogen) atoms. The number of aromatic nitrogens is 3. The van der Waals surface area contributed by atoms with Crippen LogP contribution in [0.25, 0.3) is 32.2 Å². The summed E-state index contributed by atoms with van der Waals surface area (Å²) < 4.78 is 52.0. The third-order valence-corrected chi connectivity index (χ3v) is 12.9. The standard InChI is InChI=1S/C35H37ClF3N7OS/c36-24-12-23-28(27(39)26(24)22-6-7-25(38)30-29(22)41-32(40)48-30)42-33(47-18-34-9-3-11-46(34)15-19(13-34)14-37)43-31(23)45-16-21-8-10-35(17-45,44-21)20-4-1-2-5-20/h6-7,12,14,20-21,44H,1-5,8-11,13,15-18H2,(H2,40,41)/b19-14-/t21-,34-,35+/m0/s1. The highest BCUT2D eigenvalue weighted by atomic mass is 35.5. The van der Waals surface area contributed by atoms with Crippen molar-refractivity contribution in [2.24, 2.45) is 5.92 Å². The Morgan fingerprint density at radius 3 is 2.79 bits per heavy atom. The number of nitrogens with one attached hydrogen (secondary N) is 1. The van der Waals surface area contributed by atoms with Gasteiger partial charge < -0.3 is 20.7 Å². The quantitative estimate of drug-likeness (QED) is 0.216. The zero-order valence-electron chi connectivity index (χ0n) is 26.5. The number of ether oxygens (including phenoxy) is 1. The Kier molecular flexibility index (Phi) is 7.34. The van der Waals surface area contributed by atoms with E-state index in [9.17, 15) is 8.78 Å². The minimum Gasteiger partial charge on any atom is -0.461 e. The summed E-state index contributed by atoms with van der Waals surface area (Å²) in [6.45, 7) is 3.20. The number of halogens is 4. The van der Waals surface area contributed by atoms with Crippen LogP contribution >= 0.6 is 22.9 Å². The summed E-state index contributed by atoms with van der Waals surface area (Å²) in [4.78, 5) is 18.6. The van der Waals surface area contributed by atoms with E-state index in [0.717, 1.165) is 62.2 Å². The van der Waals surface area contributed by atoms with Gasteiger partial charge in [-0.05, 0) is 81.2 Å². The number of thiazole rings is 1. The fourth-order valence-electron chi connectivity index (χ4n) is 9.56. The molecule has 3 atom stereocenters. The second-order valence-electron chi connectivity index (χ2n) is 14.5. The van der Waals surface area contributed by atoms with E-state index in [1.54, 1.807) is 6.07 Å². The van der Waals surface area contributed by atoms with Crippen molar-refractivity contribution in [3.05, 3.63) is 46.8 Å². The molecule has 0 radical (unpaired) electrons. The Morgan fingerprint density at radius 2 is 1.96 bits per heavy atom. The van der Waals surface area contributed by atoms with E-state index in [-0.39, 0.29) is 55.1 Å². The fraction of sp³-hybridized carbons (Fsp3) is 0.514. The average Bonchev–Trinajstić information content (AvgIpc) is 3.90. The van der Waals surface area contributed by atoms with Crippen molar-refractivity contribution in [3.8, 4) is 17.1 Å². The predicted octanol–water partition coefficient (Wildman–Crippen LogP) is 7.39. The topological polar surface area (TPSA) is 92.4 Å². The molecule has 2 aromatic heterocycles. The minimum absolute atomic E-state index is 0.0213. The summed E-state index contributed by atoms with van der Waals surface area (Å²) in [5, 5.41) is 4.80. The molecule has 4 aromatic rings. The fourth-order valence-corrected chi connectivity index (χ4v) is 10.6. The lowest BCUT2D eigenvalue weighted by Gasteiger charge is -2.45. The Hall–Kier alpha value is -3.19. The number of nitrogen functional groups attached to an aromatic ring is 1. The maximum atomic E-state index is 17.0. The molecule has 1 aliphatic carbocycles. The van der Waals surface area contributed by atoms with Crippen LogP contribution in [0.1, 0.15) is 57.8 Å². The summed E-state index contributed by atoms with van der Waals surface area (Å²) in [6, 6.07) is 4.86. The Bertz CT molecular complexity index is 1990. The van der Waals surface area contributed by atoms with Gasteiger partial charge in [-0.3, -0.25) is 4.90 Å². The molecule has 9 rings (SSSR count). The van der Waals surface area contributed by atoms with Crippen LogP contribution in [0.15, 0.2) is 30.1 Å². The van der Waals surface area contributed by atoms with E-state index in [0.29, 0.717) is 48.0 Å². The second kappa shape index (κ2) is 11.4. The minimum atomic E-state index is -0.654. The molecule has 252 valence electrons. The lowest BCUT2D eigenvalue weighted by Crippen LogP contribution is -2.62. The first kappa shape index (κ1) is 30.8. The molecule has 2 bridgehead atoms. The van der Waals surface area contributed by atoms with Crippen molar-refractivity contribution < 1.29 is 17.9 Å². The lowest BCUT2D eigenvalue weighted by molar-refractivity contribution is 0.108. The summed E-state index contributed by atoms with van der Waals surface area (Å²) in [5.74, 6) is 0.0400. The van der Waals surface area contributed by atoms with Crippen LogP contribution in [0.3, 0.4) is 0 Å². The van der Waals surface area contributed by atoms with Gasteiger partial charge in [-0.1, -0.05) is 35.8 Å². The van der Waals surface area contributed by atoms with Gasteiger partial charge in [-0.15, -0.1) is 0 Å². The van der Waals surface area contributed by atoms with Crippen LogP contribution in [0.5, 0.6) is 6.01 Å². The second-order valence-corrected chi connectivity index (χ2v) is 15.9. The molecule has 1 saturated carbocycles. The zero-order chi connectivity index (χ0) is 32.8. The number of piperazine rings is 1. The lowest BCUT2D eigenvalue weighted by atomic mass is 9.80. The molecule has 5 fully saturated rings. The van der Waals surface area contributed by atoms with Gasteiger partial charge in [0.15, 0.2) is 10.9 Å². The molecular formula is C35H37ClF3N7OS. The third kappa shape index (κ3) is 4.80. The maximum Gasteiger partial charge on any atom is 0.319 e. The van der Waals surface area contributed by atoms with E-state index in [4.69, 9.17) is 27.1 Å². The monoisotopic (exact) mass is 695 g/mol. The molecule has 0 spiro atoms. The Morgan fingerprint density at radius 1 is 1.10 bits per heavy atom. The number of anilines is 2. The molecule has 5 aliphatic rings. The van der Waals surface area contributed by atoms with E-state index in [2.05, 4.69) is 25.1 Å². The molecule has 2 aromatic carbocycles. The highest BCUT2D eigenvalue weighted by Crippen LogP contribution is 2.47. The van der Waals surface area contributed by atoms with Gasteiger partial charge in [0.2, 0.25) is 0 Å². The van der Waals surface area contributed by atoms with Crippen LogP contribution in [0.4, 0.5) is 24.1 Å². The molecule has 13 heteroatoms. The summed E-state index contributed by atoms with van der Waals surface area (Å²) in [7, 11) is 0. The SMILES string of the molecule is Nc1nc2c(-c3c(Cl)cc4c(N5C[C@@H]6CC[C@](C7CCCC7)(C5)N6)nc(OC[C@@]56CCCN5C/C(=C\F)C6)nc4c3F)ccc(F)c2s1. The van der Waals surface area contributed by atoms with Crippen molar-refractivity contribution in [3.63, 3.8) is 0 Å². The van der Waals surface area contributed by atoms with Gasteiger partial charge in [0.25, 0.3) is 0 Å². The van der Waals surface area contributed by atoms with Crippen LogP contribution in [0, 0.1) is 17.6 Å². The molecule has 4 aliphatic heterocycles.